The van der Waals surface area contributed by atoms with E-state index in [0.29, 0.717) is 67.8 Å². The van der Waals surface area contributed by atoms with Crippen molar-refractivity contribution in [2.24, 2.45) is 5.73 Å². The van der Waals surface area contributed by atoms with Gasteiger partial charge in [-0.05, 0) is 89.2 Å². The van der Waals surface area contributed by atoms with Gasteiger partial charge < -0.3 is 31.4 Å². The fraction of sp³-hybridized carbons (Fsp3) is 0.184. The highest BCUT2D eigenvalue weighted by Gasteiger charge is 2.19. The number of pyridine rings is 2. The van der Waals surface area contributed by atoms with Crippen molar-refractivity contribution in [2.75, 3.05) is 36.1 Å². The van der Waals surface area contributed by atoms with Crippen molar-refractivity contribution in [3.05, 3.63) is 168 Å². The highest BCUT2D eigenvalue weighted by molar-refractivity contribution is 7.90. The first-order valence-electron chi connectivity index (χ1n) is 22.4. The molecule has 0 amide bonds. The summed E-state index contributed by atoms with van der Waals surface area (Å²) >= 11 is 0. The number of carbonyl (C=O) groups excluding carboxylic acids is 2. The Labute approximate surface area is 411 Å². The van der Waals surface area contributed by atoms with E-state index < -0.39 is 15.0 Å². The number of nitrogens with two attached hydrogens (primary N) is 3. The van der Waals surface area contributed by atoms with Crippen molar-refractivity contribution in [3.8, 4) is 23.2 Å². The summed E-state index contributed by atoms with van der Waals surface area (Å²) in [5, 5.41) is 11.1. The molecule has 0 spiro atoms. The molecule has 10 aromatic rings. The van der Waals surface area contributed by atoms with Crippen LogP contribution in [0.4, 0.5) is 17.8 Å². The normalized spacial score (nSPS) is 11.1. The molecule has 0 aliphatic carbocycles. The molecule has 0 saturated carbocycles. The SMILES string of the molecule is CS(=O)(=O)c1nc(N)n2nc(-c3ccco3)nc2n1.NCCc1ccc(CC(=O)Cc2cccnc2)cc1.Nc1nc(NCCc2ccc(CC(=O)Cc3cccnc3)cc2)nc2nc(-c3ccco3)nn12. The van der Waals surface area contributed by atoms with Crippen LogP contribution < -0.4 is 22.5 Å². The van der Waals surface area contributed by atoms with Crippen LogP contribution in [0, 0.1) is 0 Å². The third-order valence-electron chi connectivity index (χ3n) is 10.5. The number of nitrogens with one attached hydrogen (secondary N) is 1. The lowest BCUT2D eigenvalue weighted by Gasteiger charge is -2.07. The molecule has 10 rings (SSSR count). The molecule has 2 aromatic carbocycles. The number of sulfone groups is 1. The molecule has 8 aromatic heterocycles. The molecule has 22 nitrogen and oxygen atoms in total. The summed E-state index contributed by atoms with van der Waals surface area (Å²) in [6, 6.07) is 30.5. The van der Waals surface area contributed by atoms with Crippen LogP contribution in [0.1, 0.15) is 33.4 Å². The van der Waals surface area contributed by atoms with Gasteiger partial charge in [-0.2, -0.15) is 38.9 Å². The molecule has 0 aliphatic heterocycles. The number of Topliss-reactive ketones (excluding diaryl/α,β-unsaturated/α-hetero) is 2. The van der Waals surface area contributed by atoms with Gasteiger partial charge >= 0.3 is 0 Å². The monoisotopic (exact) mass is 988 g/mol. The van der Waals surface area contributed by atoms with Crippen molar-refractivity contribution in [1.29, 1.82) is 0 Å². The summed E-state index contributed by atoms with van der Waals surface area (Å²) in [5.41, 5.74) is 23.4. The van der Waals surface area contributed by atoms with Gasteiger partial charge in [-0.15, -0.1) is 10.2 Å². The van der Waals surface area contributed by atoms with Crippen LogP contribution >= 0.6 is 0 Å². The molecule has 366 valence electrons. The van der Waals surface area contributed by atoms with E-state index >= 15 is 0 Å². The lowest BCUT2D eigenvalue weighted by atomic mass is 10.0. The van der Waals surface area contributed by atoms with E-state index in [1.807, 2.05) is 72.8 Å². The van der Waals surface area contributed by atoms with Crippen molar-refractivity contribution >= 4 is 50.8 Å². The Balaban J connectivity index is 0.000000156. The van der Waals surface area contributed by atoms with Gasteiger partial charge in [0.05, 0.1) is 12.5 Å². The number of benzene rings is 2. The number of nitrogens with zero attached hydrogens (tertiary/aromatic N) is 12. The second kappa shape index (κ2) is 23.0. The third kappa shape index (κ3) is 13.4. The Morgan fingerprint density at radius 1 is 0.569 bits per heavy atom. The first-order chi connectivity index (χ1) is 34.9. The number of nitrogen functional groups attached to an aromatic ring is 2. The molecule has 0 saturated heterocycles. The summed E-state index contributed by atoms with van der Waals surface area (Å²) in [6.45, 7) is 1.26. The zero-order valence-electron chi connectivity index (χ0n) is 38.8. The number of anilines is 3. The average Bonchev–Trinajstić information content (AvgIpc) is 4.22. The second-order valence-electron chi connectivity index (χ2n) is 16.1. The van der Waals surface area contributed by atoms with Crippen LogP contribution in [-0.4, -0.2) is 98.4 Å². The number of rotatable bonds is 17. The van der Waals surface area contributed by atoms with Crippen molar-refractivity contribution < 1.29 is 26.8 Å². The van der Waals surface area contributed by atoms with Gasteiger partial charge in [0.15, 0.2) is 11.5 Å². The summed E-state index contributed by atoms with van der Waals surface area (Å²) in [6.07, 6.45) is 14.2. The Morgan fingerprint density at radius 2 is 1.04 bits per heavy atom. The first-order valence-corrected chi connectivity index (χ1v) is 24.2. The first kappa shape index (κ1) is 49.3. The van der Waals surface area contributed by atoms with Crippen LogP contribution in [0.2, 0.25) is 0 Å². The topological polar surface area (TPSA) is 322 Å². The summed E-state index contributed by atoms with van der Waals surface area (Å²) < 4.78 is 35.8. The Kier molecular flexibility index (Phi) is 15.8. The largest absolute Gasteiger partial charge is 0.461 e. The standard InChI is InChI=1S/C24H22N8O2.C16H18N2O.C9H8N6O3S/c25-22-29-23(30-24-28-21(31-32(22)24)20-4-2-12-34-20)27-11-9-16-5-7-17(8-6-16)13-19(33)14-18-3-1-10-26-15-18;17-8-7-13-3-5-14(6-4-13)10-16(19)11-15-2-1-9-18-12-15;1-19(16,17)9-12-7(10)15-8(13-9)11-6(14-15)5-3-2-4-18-5/h1-8,10,12,15H,9,11,13-14H2,(H3,25,27,28,29,30,31);1-6,9,12H,7-8,10-11,17H2;2-4H,1H3,(H2,10,11,12,13,14). The van der Waals surface area contributed by atoms with Crippen molar-refractivity contribution in [2.45, 2.75) is 43.7 Å². The molecule has 7 N–H and O–H groups in total. The minimum absolute atomic E-state index is 0.0410. The van der Waals surface area contributed by atoms with Crippen LogP contribution in [-0.2, 0) is 58.0 Å². The van der Waals surface area contributed by atoms with Crippen LogP contribution in [0.25, 0.3) is 34.7 Å². The Morgan fingerprint density at radius 3 is 1.50 bits per heavy atom. The maximum atomic E-state index is 12.3. The van der Waals surface area contributed by atoms with E-state index in [4.69, 9.17) is 26.0 Å². The molecule has 0 aliphatic rings. The fourth-order valence-electron chi connectivity index (χ4n) is 7.03. The van der Waals surface area contributed by atoms with E-state index in [0.717, 1.165) is 51.4 Å². The van der Waals surface area contributed by atoms with Crippen LogP contribution in [0.15, 0.2) is 148 Å². The van der Waals surface area contributed by atoms with Gasteiger partial charge in [0.2, 0.25) is 39.3 Å². The van der Waals surface area contributed by atoms with Crippen LogP contribution in [0.5, 0.6) is 0 Å². The fourth-order valence-corrected chi connectivity index (χ4v) is 7.54. The lowest BCUT2D eigenvalue weighted by molar-refractivity contribution is -0.118. The van der Waals surface area contributed by atoms with E-state index in [9.17, 15) is 18.0 Å². The van der Waals surface area contributed by atoms with Gasteiger partial charge in [0, 0.05) is 63.3 Å². The Hall–Kier alpha value is -9.09. The highest BCUT2D eigenvalue weighted by Crippen LogP contribution is 2.20. The number of carbonyl (C=O) groups is 2. The van der Waals surface area contributed by atoms with E-state index in [-0.39, 0.29) is 35.1 Å². The number of hydrogen-bond donors (Lipinski definition) is 4. The maximum absolute atomic E-state index is 12.3. The summed E-state index contributed by atoms with van der Waals surface area (Å²) in [5.74, 6) is 2.78. The number of ketones is 2. The zero-order valence-corrected chi connectivity index (χ0v) is 39.6. The maximum Gasteiger partial charge on any atom is 0.259 e. The molecule has 0 fully saturated rings. The van der Waals surface area contributed by atoms with E-state index in [1.54, 1.807) is 55.3 Å². The molecule has 72 heavy (non-hydrogen) atoms. The predicted molar refractivity (Wildman–Crippen MR) is 266 cm³/mol. The average molecular weight is 989 g/mol. The molecular formula is C49H48N16O6S. The van der Waals surface area contributed by atoms with Gasteiger partial charge in [-0.1, -0.05) is 60.7 Å². The van der Waals surface area contributed by atoms with E-state index in [2.05, 4.69) is 55.4 Å². The molecule has 0 bridgehead atoms. The van der Waals surface area contributed by atoms with E-state index in [1.165, 1.54) is 16.3 Å². The van der Waals surface area contributed by atoms with Gasteiger partial charge in [0.1, 0.15) is 11.6 Å². The molecule has 8 heterocycles. The number of furan rings is 2. The predicted octanol–water partition coefficient (Wildman–Crippen LogP) is 4.47. The zero-order chi connectivity index (χ0) is 50.5. The minimum atomic E-state index is -3.57. The molecule has 0 atom stereocenters. The van der Waals surface area contributed by atoms with Gasteiger partial charge in [-0.3, -0.25) is 19.6 Å². The molecule has 23 heteroatoms. The van der Waals surface area contributed by atoms with Gasteiger partial charge in [-0.25, -0.2) is 8.42 Å². The quantitative estimate of drug-likeness (QED) is 0.0978. The highest BCUT2D eigenvalue weighted by atomic mass is 32.2. The minimum Gasteiger partial charge on any atom is -0.461 e. The second-order valence-corrected chi connectivity index (χ2v) is 18.1. The number of aromatic nitrogens is 12. The van der Waals surface area contributed by atoms with Crippen molar-refractivity contribution in [3.63, 3.8) is 0 Å². The molecule has 0 unspecified atom stereocenters. The number of hydrogen-bond acceptors (Lipinski definition) is 20. The summed E-state index contributed by atoms with van der Waals surface area (Å²) in [4.78, 5) is 56.8. The third-order valence-corrected chi connectivity index (χ3v) is 11.3. The van der Waals surface area contributed by atoms with Crippen molar-refractivity contribution in [1.82, 2.24) is 59.1 Å². The summed E-state index contributed by atoms with van der Waals surface area (Å²) in [7, 11) is -3.57. The number of fused-ring (bicyclic) bond motifs is 2. The lowest BCUT2D eigenvalue weighted by Crippen LogP contribution is -2.12. The smallest absolute Gasteiger partial charge is 0.259 e. The molecular weight excluding hydrogens is 941 g/mol. The molecule has 0 radical (unpaired) electrons. The van der Waals surface area contributed by atoms with Gasteiger partial charge in [0.25, 0.3) is 16.7 Å². The Bertz CT molecular complexity index is 3480. The van der Waals surface area contributed by atoms with Crippen LogP contribution in [0.3, 0.4) is 0 Å².